The molecule has 0 bridgehead atoms. The Morgan fingerprint density at radius 1 is 0.970 bits per heavy atom. The zero-order valence-electron chi connectivity index (χ0n) is 17.7. The van der Waals surface area contributed by atoms with Gasteiger partial charge in [0.15, 0.2) is 0 Å². The van der Waals surface area contributed by atoms with Crippen LogP contribution in [0.1, 0.15) is 27.7 Å². The number of amides is 2. The molecule has 0 unspecified atom stereocenters. The van der Waals surface area contributed by atoms with E-state index in [-0.39, 0.29) is 11.8 Å². The van der Waals surface area contributed by atoms with E-state index in [4.69, 9.17) is 11.6 Å². The Kier molecular flexibility index (Phi) is 6.98. The molecule has 5 nitrogen and oxygen atoms in total. The second-order valence-corrected chi connectivity index (χ2v) is 8.62. The molecule has 1 aromatic heterocycles. The number of anilines is 1. The lowest BCUT2D eigenvalue weighted by molar-refractivity contribution is -0.111. The molecule has 7 heteroatoms. The van der Waals surface area contributed by atoms with Crippen LogP contribution in [0.3, 0.4) is 0 Å². The van der Waals surface area contributed by atoms with Crippen LogP contribution in [0.5, 0.6) is 0 Å². The van der Waals surface area contributed by atoms with Crippen molar-refractivity contribution in [3.63, 3.8) is 0 Å². The fourth-order valence-electron chi connectivity index (χ4n) is 3.15. The molecular formula is C26H20ClN3O2S. The predicted octanol–water partition coefficient (Wildman–Crippen LogP) is 6.36. The molecule has 0 radical (unpaired) electrons. The number of nitrogens with zero attached hydrogens (tertiary/aromatic N) is 1. The minimum absolute atomic E-state index is 0.238. The lowest BCUT2D eigenvalue weighted by Crippen LogP contribution is -2.18. The number of hydrogen-bond donors (Lipinski definition) is 2. The second kappa shape index (κ2) is 10.3. The van der Waals surface area contributed by atoms with E-state index in [1.807, 2.05) is 66.7 Å². The first kappa shape index (κ1) is 22.5. The normalized spacial score (nSPS) is 11.6. The van der Waals surface area contributed by atoms with E-state index < -0.39 is 0 Å². The number of halogens is 1. The van der Waals surface area contributed by atoms with Crippen LogP contribution in [0, 0.1) is 0 Å². The molecule has 33 heavy (non-hydrogen) atoms. The second-order valence-electron chi connectivity index (χ2n) is 7.19. The minimum Gasteiger partial charge on any atom is -0.322 e. The van der Waals surface area contributed by atoms with E-state index in [1.54, 1.807) is 25.1 Å². The summed E-state index contributed by atoms with van der Waals surface area (Å²) in [6.07, 6.45) is 3.23. The molecule has 2 N–H and O–H groups in total. The SMILES string of the molecule is C/C(=N/NC(=O)c1sc2ccccc2c1Cl)c1cccc(NC(=O)/C=C/c2ccccc2)c1. The van der Waals surface area contributed by atoms with E-state index in [0.717, 1.165) is 21.2 Å². The minimum atomic E-state index is -0.365. The average Bonchev–Trinajstić information content (AvgIpc) is 3.18. The molecule has 4 aromatic rings. The van der Waals surface area contributed by atoms with Crippen molar-refractivity contribution in [3.8, 4) is 0 Å². The zero-order chi connectivity index (χ0) is 23.2. The molecule has 0 fully saturated rings. The Morgan fingerprint density at radius 2 is 1.73 bits per heavy atom. The Labute approximate surface area is 200 Å². The number of benzene rings is 3. The summed E-state index contributed by atoms with van der Waals surface area (Å²) in [7, 11) is 0. The van der Waals surface area contributed by atoms with Gasteiger partial charge in [-0.25, -0.2) is 5.43 Å². The summed E-state index contributed by atoms with van der Waals surface area (Å²) in [5.74, 6) is -0.602. The van der Waals surface area contributed by atoms with E-state index in [1.165, 1.54) is 17.4 Å². The Bertz CT molecular complexity index is 1380. The topological polar surface area (TPSA) is 70.6 Å². The van der Waals surface area contributed by atoms with Gasteiger partial charge in [0, 0.05) is 21.8 Å². The maximum Gasteiger partial charge on any atom is 0.283 e. The van der Waals surface area contributed by atoms with Crippen molar-refractivity contribution in [1.29, 1.82) is 0 Å². The molecule has 0 saturated heterocycles. The highest BCUT2D eigenvalue weighted by atomic mass is 35.5. The van der Waals surface area contributed by atoms with Gasteiger partial charge in [0.1, 0.15) is 4.88 Å². The number of hydrazone groups is 1. The van der Waals surface area contributed by atoms with Crippen LogP contribution in [0.25, 0.3) is 16.2 Å². The fraction of sp³-hybridized carbons (Fsp3) is 0.0385. The first-order valence-electron chi connectivity index (χ1n) is 10.2. The fourth-order valence-corrected chi connectivity index (χ4v) is 4.56. The summed E-state index contributed by atoms with van der Waals surface area (Å²) < 4.78 is 0.943. The molecular weight excluding hydrogens is 454 g/mol. The number of thiophene rings is 1. The third kappa shape index (κ3) is 5.55. The van der Waals surface area contributed by atoms with Crippen molar-refractivity contribution in [2.75, 3.05) is 5.32 Å². The van der Waals surface area contributed by atoms with Crippen LogP contribution in [0.4, 0.5) is 5.69 Å². The molecule has 0 aliphatic carbocycles. The molecule has 0 spiro atoms. The molecule has 164 valence electrons. The van der Waals surface area contributed by atoms with Crippen molar-refractivity contribution in [2.24, 2.45) is 5.10 Å². The van der Waals surface area contributed by atoms with Crippen LogP contribution >= 0.6 is 22.9 Å². The van der Waals surface area contributed by atoms with Gasteiger partial charge in [0.2, 0.25) is 5.91 Å². The first-order chi connectivity index (χ1) is 16.0. The van der Waals surface area contributed by atoms with Crippen LogP contribution < -0.4 is 10.7 Å². The molecule has 4 rings (SSSR count). The summed E-state index contributed by atoms with van der Waals surface area (Å²) >= 11 is 7.70. The summed E-state index contributed by atoms with van der Waals surface area (Å²) in [4.78, 5) is 25.3. The number of rotatable bonds is 6. The van der Waals surface area contributed by atoms with Gasteiger partial charge < -0.3 is 5.32 Å². The largest absolute Gasteiger partial charge is 0.322 e. The smallest absolute Gasteiger partial charge is 0.283 e. The third-order valence-corrected chi connectivity index (χ3v) is 6.52. The number of hydrogen-bond acceptors (Lipinski definition) is 4. The van der Waals surface area contributed by atoms with Gasteiger partial charge in [-0.2, -0.15) is 5.10 Å². The summed E-state index contributed by atoms with van der Waals surface area (Å²) in [6.45, 7) is 1.78. The van der Waals surface area contributed by atoms with Gasteiger partial charge in [-0.3, -0.25) is 9.59 Å². The van der Waals surface area contributed by atoms with Crippen LogP contribution in [-0.4, -0.2) is 17.5 Å². The van der Waals surface area contributed by atoms with Crippen molar-refractivity contribution < 1.29 is 9.59 Å². The lowest BCUT2D eigenvalue weighted by Gasteiger charge is -2.06. The van der Waals surface area contributed by atoms with E-state index in [2.05, 4.69) is 15.8 Å². The summed E-state index contributed by atoms with van der Waals surface area (Å²) in [5, 5.41) is 8.33. The van der Waals surface area contributed by atoms with E-state index in [0.29, 0.717) is 21.3 Å². The number of carbonyl (C=O) groups excluding carboxylic acids is 2. The van der Waals surface area contributed by atoms with Crippen molar-refractivity contribution in [3.05, 3.63) is 106 Å². The quantitative estimate of drug-likeness (QED) is 0.194. The highest BCUT2D eigenvalue weighted by Crippen LogP contribution is 2.34. The summed E-state index contributed by atoms with van der Waals surface area (Å²) in [5.41, 5.74) is 5.51. The highest BCUT2D eigenvalue weighted by Gasteiger charge is 2.16. The maximum absolute atomic E-state index is 12.6. The van der Waals surface area contributed by atoms with Gasteiger partial charge in [-0.15, -0.1) is 11.3 Å². The van der Waals surface area contributed by atoms with Gasteiger partial charge in [0.05, 0.1) is 10.7 Å². The monoisotopic (exact) mass is 473 g/mol. The van der Waals surface area contributed by atoms with Gasteiger partial charge in [-0.1, -0.05) is 72.3 Å². The van der Waals surface area contributed by atoms with Crippen molar-refractivity contribution in [1.82, 2.24) is 5.43 Å². The lowest BCUT2D eigenvalue weighted by atomic mass is 10.1. The highest BCUT2D eigenvalue weighted by molar-refractivity contribution is 7.21. The number of carbonyl (C=O) groups is 2. The van der Waals surface area contributed by atoms with Crippen LogP contribution in [-0.2, 0) is 4.79 Å². The Hall–Kier alpha value is -3.74. The van der Waals surface area contributed by atoms with Crippen molar-refractivity contribution >= 4 is 62.3 Å². The van der Waals surface area contributed by atoms with Crippen LogP contribution in [0.15, 0.2) is 90.0 Å². The molecule has 2 amide bonds. The van der Waals surface area contributed by atoms with E-state index in [9.17, 15) is 9.59 Å². The standard InChI is InChI=1S/C26H20ClN3O2S/c1-17(29-30-26(32)25-24(27)21-12-5-6-13-22(21)33-25)19-10-7-11-20(16-19)28-23(31)15-14-18-8-3-2-4-9-18/h2-16H,1H3,(H,28,31)(H,30,32)/b15-14+,29-17-. The Balaban J connectivity index is 1.42. The molecule has 0 aliphatic heterocycles. The first-order valence-corrected chi connectivity index (χ1v) is 11.4. The van der Waals surface area contributed by atoms with Gasteiger partial charge >= 0.3 is 0 Å². The molecule has 3 aromatic carbocycles. The third-order valence-electron chi connectivity index (χ3n) is 4.84. The average molecular weight is 474 g/mol. The molecule has 1 heterocycles. The summed E-state index contributed by atoms with van der Waals surface area (Å²) in [6, 6.07) is 24.4. The number of fused-ring (bicyclic) bond motifs is 1. The Morgan fingerprint density at radius 3 is 2.52 bits per heavy atom. The molecule has 0 atom stereocenters. The van der Waals surface area contributed by atoms with Crippen LogP contribution in [0.2, 0.25) is 5.02 Å². The molecule has 0 aliphatic rings. The van der Waals surface area contributed by atoms with E-state index >= 15 is 0 Å². The van der Waals surface area contributed by atoms with Gasteiger partial charge in [-0.05, 0) is 42.3 Å². The maximum atomic E-state index is 12.6. The van der Waals surface area contributed by atoms with Gasteiger partial charge in [0.25, 0.3) is 5.91 Å². The number of nitrogens with one attached hydrogen (secondary N) is 2. The predicted molar refractivity (Wildman–Crippen MR) is 137 cm³/mol. The molecule has 0 saturated carbocycles. The zero-order valence-corrected chi connectivity index (χ0v) is 19.3. The van der Waals surface area contributed by atoms with Crippen molar-refractivity contribution in [2.45, 2.75) is 6.92 Å².